The van der Waals surface area contributed by atoms with Crippen molar-refractivity contribution in [2.45, 2.75) is 19.3 Å². The van der Waals surface area contributed by atoms with Crippen LogP contribution in [0.2, 0.25) is 0 Å². The maximum Gasteiger partial charge on any atom is 0.235 e. The number of hydrogen-bond donors (Lipinski definition) is 0. The van der Waals surface area contributed by atoms with Crippen molar-refractivity contribution in [2.24, 2.45) is 0 Å². The molecule has 0 bridgehead atoms. The minimum Gasteiger partial charge on any atom is -0.453 e. The molecule has 1 aliphatic carbocycles. The van der Waals surface area contributed by atoms with Gasteiger partial charge in [-0.15, -0.1) is 0 Å². The van der Waals surface area contributed by atoms with Gasteiger partial charge in [0.2, 0.25) is 5.95 Å². The summed E-state index contributed by atoms with van der Waals surface area (Å²) in [4.78, 5) is 13.1. The molecule has 0 radical (unpaired) electrons. The van der Waals surface area contributed by atoms with E-state index in [9.17, 15) is 0 Å². The molecule has 4 heterocycles. The van der Waals surface area contributed by atoms with Crippen LogP contribution in [0.3, 0.4) is 0 Å². The molecule has 0 saturated carbocycles. The summed E-state index contributed by atoms with van der Waals surface area (Å²) in [6.07, 6.45) is 0. The summed E-state index contributed by atoms with van der Waals surface area (Å²) in [5, 5.41) is 3.04. The highest BCUT2D eigenvalue weighted by molar-refractivity contribution is 6.17. The van der Waals surface area contributed by atoms with Crippen LogP contribution in [0, 0.1) is 0 Å². The third-order valence-corrected chi connectivity index (χ3v) is 11.4. The molecular formula is C47H30N4O2. The molecule has 0 amide bonds. The van der Waals surface area contributed by atoms with Crippen molar-refractivity contribution >= 4 is 49.8 Å². The second-order valence-electron chi connectivity index (χ2n) is 14.6. The lowest BCUT2D eigenvalue weighted by Crippen LogP contribution is -2.20. The van der Waals surface area contributed by atoms with Gasteiger partial charge >= 0.3 is 0 Å². The first-order valence-electron chi connectivity index (χ1n) is 18.0. The van der Waals surface area contributed by atoms with Gasteiger partial charge in [-0.1, -0.05) is 117 Å². The lowest BCUT2D eigenvalue weighted by Gasteiger charge is -2.38. The Bertz CT molecular complexity index is 3060. The summed E-state index contributed by atoms with van der Waals surface area (Å²) in [6.45, 7) is 4.64. The van der Waals surface area contributed by atoms with Crippen molar-refractivity contribution in [1.29, 1.82) is 0 Å². The molecule has 0 N–H and O–H groups in total. The van der Waals surface area contributed by atoms with Crippen molar-refractivity contribution in [2.75, 3.05) is 4.90 Å². The second-order valence-corrected chi connectivity index (χ2v) is 14.6. The number of nitrogens with zero attached hydrogens (tertiary/aromatic N) is 4. The van der Waals surface area contributed by atoms with Gasteiger partial charge in [0.1, 0.15) is 5.69 Å². The number of ether oxygens (including phenoxy) is 2. The summed E-state index contributed by atoms with van der Waals surface area (Å²) in [5.41, 5.74) is 12.6. The third kappa shape index (κ3) is 3.71. The van der Waals surface area contributed by atoms with E-state index in [1.165, 1.54) is 22.3 Å². The minimum absolute atomic E-state index is 0.133. The number of benzene rings is 7. The summed E-state index contributed by atoms with van der Waals surface area (Å²) < 4.78 is 15.8. The lowest BCUT2D eigenvalue weighted by atomic mass is 9.82. The highest BCUT2D eigenvalue weighted by Gasteiger charge is 2.39. The molecule has 0 unspecified atom stereocenters. The summed E-state index contributed by atoms with van der Waals surface area (Å²) >= 11 is 0. The molecule has 0 saturated heterocycles. The van der Waals surface area contributed by atoms with Crippen LogP contribution in [-0.2, 0) is 5.41 Å². The fourth-order valence-electron chi connectivity index (χ4n) is 9.04. The Morgan fingerprint density at radius 2 is 1.21 bits per heavy atom. The molecule has 9 aromatic rings. The fourth-order valence-corrected chi connectivity index (χ4v) is 9.04. The van der Waals surface area contributed by atoms with Crippen molar-refractivity contribution < 1.29 is 9.47 Å². The SMILES string of the molecule is CC1(C)c2ccccc2-c2c(-c3nc(-n4c5ccccc5c5c6c7c(cc54)Oc4ccccc4N7c4ccccc4O6)nc4ccccc34)cccc21. The average molecular weight is 683 g/mol. The van der Waals surface area contributed by atoms with Gasteiger partial charge in [-0.25, -0.2) is 9.97 Å². The molecule has 6 nitrogen and oxygen atoms in total. The first-order chi connectivity index (χ1) is 26.1. The molecule has 53 heavy (non-hydrogen) atoms. The number of anilines is 3. The van der Waals surface area contributed by atoms with E-state index in [1.54, 1.807) is 0 Å². The van der Waals surface area contributed by atoms with Gasteiger partial charge in [0.15, 0.2) is 23.0 Å². The van der Waals surface area contributed by atoms with Crippen LogP contribution in [0.25, 0.3) is 61.0 Å². The standard InChI is InChI=1S/C47H30N4O2/c1-47(2)31-18-6-3-14-27(31)41-30(17-13-19-32(41)47)43-28-15-4-7-20-33(28)48-46(49-43)51-34-21-8-5-16-29(34)42-37(51)26-40-44-45(42)53-39-25-12-10-23-36(39)50(44)35-22-9-11-24-38(35)52-40/h3-26H,1-2H3. The first-order valence-corrected chi connectivity index (χ1v) is 18.0. The Morgan fingerprint density at radius 3 is 2.06 bits per heavy atom. The molecule has 0 fully saturated rings. The molecule has 2 aromatic heterocycles. The summed E-state index contributed by atoms with van der Waals surface area (Å²) in [7, 11) is 0. The molecule has 6 heteroatoms. The first kappa shape index (κ1) is 28.7. The van der Waals surface area contributed by atoms with Crippen molar-refractivity contribution in [3.05, 3.63) is 157 Å². The predicted molar refractivity (Wildman–Crippen MR) is 212 cm³/mol. The number of hydrogen-bond acceptors (Lipinski definition) is 5. The lowest BCUT2D eigenvalue weighted by molar-refractivity contribution is 0.450. The molecular weight excluding hydrogens is 653 g/mol. The topological polar surface area (TPSA) is 52.4 Å². The molecule has 0 spiro atoms. The van der Waals surface area contributed by atoms with Crippen LogP contribution >= 0.6 is 0 Å². The Balaban J connectivity index is 1.18. The van der Waals surface area contributed by atoms with Gasteiger partial charge < -0.3 is 9.47 Å². The van der Waals surface area contributed by atoms with Crippen LogP contribution in [-0.4, -0.2) is 14.5 Å². The maximum atomic E-state index is 6.90. The maximum absolute atomic E-state index is 6.90. The molecule has 7 aromatic carbocycles. The minimum atomic E-state index is -0.133. The van der Waals surface area contributed by atoms with E-state index >= 15 is 0 Å². The quantitative estimate of drug-likeness (QED) is 0.182. The van der Waals surface area contributed by atoms with Gasteiger partial charge in [0, 0.05) is 27.8 Å². The van der Waals surface area contributed by atoms with E-state index in [4.69, 9.17) is 19.4 Å². The van der Waals surface area contributed by atoms with Crippen molar-refractivity contribution in [3.8, 4) is 51.3 Å². The van der Waals surface area contributed by atoms with E-state index < -0.39 is 0 Å². The van der Waals surface area contributed by atoms with E-state index in [0.29, 0.717) is 11.7 Å². The molecule has 12 rings (SSSR count). The van der Waals surface area contributed by atoms with Crippen LogP contribution in [0.4, 0.5) is 17.1 Å². The van der Waals surface area contributed by atoms with E-state index in [2.05, 4.69) is 126 Å². The Morgan fingerprint density at radius 1 is 0.547 bits per heavy atom. The molecule has 0 atom stereocenters. The Hall–Kier alpha value is -6.92. The van der Waals surface area contributed by atoms with Crippen LogP contribution < -0.4 is 14.4 Å². The van der Waals surface area contributed by atoms with Gasteiger partial charge in [-0.05, 0) is 58.7 Å². The highest BCUT2D eigenvalue weighted by atomic mass is 16.5. The van der Waals surface area contributed by atoms with Crippen molar-refractivity contribution in [3.63, 3.8) is 0 Å². The third-order valence-electron chi connectivity index (χ3n) is 11.4. The number of rotatable bonds is 2. The smallest absolute Gasteiger partial charge is 0.235 e. The fraction of sp³-hybridized carbons (Fsp3) is 0.0638. The van der Waals surface area contributed by atoms with Crippen LogP contribution in [0.5, 0.6) is 23.0 Å². The Labute approximate surface area is 305 Å². The monoisotopic (exact) mass is 682 g/mol. The largest absolute Gasteiger partial charge is 0.453 e. The number of para-hydroxylation sites is 6. The Kier molecular flexibility index (Phi) is 5.48. The molecule has 3 aliphatic rings. The van der Waals surface area contributed by atoms with Crippen LogP contribution in [0.1, 0.15) is 25.0 Å². The van der Waals surface area contributed by atoms with Gasteiger partial charge in [0.25, 0.3) is 0 Å². The van der Waals surface area contributed by atoms with Gasteiger partial charge in [-0.2, -0.15) is 0 Å². The zero-order valence-electron chi connectivity index (χ0n) is 29.0. The van der Waals surface area contributed by atoms with E-state index in [0.717, 1.165) is 78.3 Å². The van der Waals surface area contributed by atoms with Crippen molar-refractivity contribution in [1.82, 2.24) is 14.5 Å². The molecule has 250 valence electrons. The normalized spacial score (nSPS) is 14.3. The summed E-state index contributed by atoms with van der Waals surface area (Å²) in [5.74, 6) is 3.63. The highest BCUT2D eigenvalue weighted by Crippen LogP contribution is 2.62. The molecule has 2 aliphatic heterocycles. The van der Waals surface area contributed by atoms with Crippen LogP contribution in [0.15, 0.2) is 146 Å². The zero-order chi connectivity index (χ0) is 35.0. The number of aromatic nitrogens is 3. The number of fused-ring (bicyclic) bond motifs is 12. The average Bonchev–Trinajstić information content (AvgIpc) is 3.65. The van der Waals surface area contributed by atoms with E-state index in [1.807, 2.05) is 42.5 Å². The van der Waals surface area contributed by atoms with Gasteiger partial charge in [0.05, 0.1) is 39.0 Å². The van der Waals surface area contributed by atoms with Gasteiger partial charge in [-0.3, -0.25) is 9.47 Å². The predicted octanol–water partition coefficient (Wildman–Crippen LogP) is 12.4. The van der Waals surface area contributed by atoms with E-state index in [-0.39, 0.29) is 5.41 Å². The summed E-state index contributed by atoms with van der Waals surface area (Å²) in [6, 6.07) is 50.7. The second kappa shape index (κ2) is 10.1. The zero-order valence-corrected chi connectivity index (χ0v) is 29.0.